The number of halogens is 1. The molecule has 4 heteroatoms. The Labute approximate surface area is 66.1 Å². The van der Waals surface area contributed by atoms with Gasteiger partial charge in [-0.15, -0.1) is 12.4 Å². The zero-order valence-corrected chi connectivity index (χ0v) is 6.48. The molecule has 0 aliphatic heterocycles. The maximum Gasteiger partial charge on any atom is 0.148 e. The van der Waals surface area contributed by atoms with Gasteiger partial charge in [0.2, 0.25) is 0 Å². The van der Waals surface area contributed by atoms with Crippen LogP contribution in [0.1, 0.15) is 0 Å². The molecular formula is C6H10ClN3. The van der Waals surface area contributed by atoms with Crippen LogP contribution in [0.25, 0.3) is 0 Å². The number of nitrogens with one attached hydrogen (secondary N) is 1. The maximum absolute atomic E-state index is 5.51. The number of nitrogens with two attached hydrogens (primary N) is 1. The molecule has 3 nitrogen and oxygen atoms in total. The number of nitrogens with zero attached hydrogens (tertiary/aromatic N) is 1. The molecule has 0 spiro atoms. The molecule has 0 bridgehead atoms. The second kappa shape index (κ2) is 3.95. The predicted octanol–water partition coefficient (Wildman–Crippen LogP) is 1.13. The van der Waals surface area contributed by atoms with Crippen molar-refractivity contribution in [1.82, 2.24) is 4.98 Å². The molecule has 1 aromatic rings. The Morgan fingerprint density at radius 1 is 1.60 bits per heavy atom. The summed E-state index contributed by atoms with van der Waals surface area (Å²) in [5, 5.41) is 2.86. The van der Waals surface area contributed by atoms with Crippen LogP contribution in [0.3, 0.4) is 0 Å². The van der Waals surface area contributed by atoms with Crippen LogP contribution in [0.2, 0.25) is 0 Å². The second-order valence-electron chi connectivity index (χ2n) is 1.69. The average Bonchev–Trinajstić information content (AvgIpc) is 1.89. The van der Waals surface area contributed by atoms with Gasteiger partial charge in [-0.25, -0.2) is 4.98 Å². The largest absolute Gasteiger partial charge is 0.396 e. The van der Waals surface area contributed by atoms with Gasteiger partial charge in [0.1, 0.15) is 5.82 Å². The summed E-state index contributed by atoms with van der Waals surface area (Å²) in [6.07, 6.45) is 1.70. The van der Waals surface area contributed by atoms with E-state index in [2.05, 4.69) is 10.3 Å². The molecule has 0 radical (unpaired) electrons. The van der Waals surface area contributed by atoms with Crippen LogP contribution in [-0.2, 0) is 0 Å². The fourth-order valence-corrected chi connectivity index (χ4v) is 0.627. The highest BCUT2D eigenvalue weighted by Crippen LogP contribution is 2.10. The number of hydrogen-bond acceptors (Lipinski definition) is 3. The number of anilines is 2. The molecule has 0 amide bonds. The van der Waals surface area contributed by atoms with Gasteiger partial charge in [0, 0.05) is 13.2 Å². The van der Waals surface area contributed by atoms with Crippen LogP contribution in [0.4, 0.5) is 11.5 Å². The Hall–Kier alpha value is -0.960. The Bertz CT molecular complexity index is 202. The van der Waals surface area contributed by atoms with E-state index in [0.717, 1.165) is 5.82 Å². The highest BCUT2D eigenvalue weighted by Gasteiger charge is 1.91. The standard InChI is InChI=1S/C6H9N3.ClH/c1-8-6-5(7)3-2-4-9-6;/h2-4H,7H2,1H3,(H,8,9);1H. The highest BCUT2D eigenvalue weighted by atomic mass is 35.5. The third-order valence-corrected chi connectivity index (χ3v) is 1.08. The molecule has 0 fully saturated rings. The first-order valence-corrected chi connectivity index (χ1v) is 2.73. The number of rotatable bonds is 1. The lowest BCUT2D eigenvalue weighted by molar-refractivity contribution is 1.29. The molecule has 0 saturated heterocycles. The van der Waals surface area contributed by atoms with Gasteiger partial charge in [-0.05, 0) is 12.1 Å². The Morgan fingerprint density at radius 2 is 2.30 bits per heavy atom. The molecule has 0 aromatic carbocycles. The highest BCUT2D eigenvalue weighted by molar-refractivity contribution is 5.85. The zero-order valence-electron chi connectivity index (χ0n) is 5.66. The van der Waals surface area contributed by atoms with Crippen molar-refractivity contribution in [2.75, 3.05) is 18.1 Å². The smallest absolute Gasteiger partial charge is 0.148 e. The van der Waals surface area contributed by atoms with E-state index in [1.807, 2.05) is 0 Å². The molecule has 10 heavy (non-hydrogen) atoms. The van der Waals surface area contributed by atoms with Gasteiger partial charge in [0.15, 0.2) is 0 Å². The third-order valence-electron chi connectivity index (χ3n) is 1.08. The molecule has 0 atom stereocenters. The molecule has 56 valence electrons. The summed E-state index contributed by atoms with van der Waals surface area (Å²) in [5.41, 5.74) is 6.19. The molecule has 0 unspecified atom stereocenters. The second-order valence-corrected chi connectivity index (χ2v) is 1.69. The summed E-state index contributed by atoms with van der Waals surface area (Å²) < 4.78 is 0. The predicted molar refractivity (Wildman–Crippen MR) is 45.4 cm³/mol. The van der Waals surface area contributed by atoms with Crippen molar-refractivity contribution in [3.8, 4) is 0 Å². The van der Waals surface area contributed by atoms with Crippen LogP contribution >= 0.6 is 12.4 Å². The average molecular weight is 160 g/mol. The fraction of sp³-hybridized carbons (Fsp3) is 0.167. The van der Waals surface area contributed by atoms with Crippen molar-refractivity contribution < 1.29 is 0 Å². The first-order chi connectivity index (χ1) is 4.34. The first-order valence-electron chi connectivity index (χ1n) is 2.73. The SMILES string of the molecule is CNc1ncccc1N.Cl. The molecular weight excluding hydrogens is 150 g/mol. The van der Waals surface area contributed by atoms with E-state index in [4.69, 9.17) is 5.73 Å². The maximum atomic E-state index is 5.51. The minimum absolute atomic E-state index is 0. The molecule has 0 aliphatic rings. The van der Waals surface area contributed by atoms with E-state index < -0.39 is 0 Å². The summed E-state index contributed by atoms with van der Waals surface area (Å²) in [6, 6.07) is 3.61. The van der Waals surface area contributed by atoms with Crippen LogP contribution in [0, 0.1) is 0 Å². The van der Waals surface area contributed by atoms with E-state index in [0.29, 0.717) is 5.69 Å². The van der Waals surface area contributed by atoms with Crippen molar-refractivity contribution >= 4 is 23.9 Å². The van der Waals surface area contributed by atoms with E-state index in [9.17, 15) is 0 Å². The van der Waals surface area contributed by atoms with Crippen molar-refractivity contribution in [2.24, 2.45) is 0 Å². The van der Waals surface area contributed by atoms with Gasteiger partial charge in [0.05, 0.1) is 5.69 Å². The monoisotopic (exact) mass is 159 g/mol. The minimum atomic E-state index is 0. The fourth-order valence-electron chi connectivity index (χ4n) is 0.627. The lowest BCUT2D eigenvalue weighted by Gasteiger charge is -1.99. The van der Waals surface area contributed by atoms with E-state index in [1.165, 1.54) is 0 Å². The number of hydrogen-bond donors (Lipinski definition) is 2. The lowest BCUT2D eigenvalue weighted by atomic mass is 10.4. The van der Waals surface area contributed by atoms with Crippen LogP contribution in [-0.4, -0.2) is 12.0 Å². The van der Waals surface area contributed by atoms with Crippen molar-refractivity contribution in [2.45, 2.75) is 0 Å². The lowest BCUT2D eigenvalue weighted by Crippen LogP contribution is -1.96. The topological polar surface area (TPSA) is 50.9 Å². The van der Waals surface area contributed by atoms with Crippen molar-refractivity contribution in [3.05, 3.63) is 18.3 Å². The minimum Gasteiger partial charge on any atom is -0.396 e. The first kappa shape index (κ1) is 9.04. The summed E-state index contributed by atoms with van der Waals surface area (Å²) >= 11 is 0. The Kier molecular flexibility index (Phi) is 3.57. The molecule has 1 heterocycles. The third kappa shape index (κ3) is 1.77. The summed E-state index contributed by atoms with van der Waals surface area (Å²) in [7, 11) is 1.79. The molecule has 0 aliphatic carbocycles. The number of aromatic nitrogens is 1. The Morgan fingerprint density at radius 3 is 2.70 bits per heavy atom. The number of pyridine rings is 1. The van der Waals surface area contributed by atoms with Gasteiger partial charge >= 0.3 is 0 Å². The van der Waals surface area contributed by atoms with Crippen LogP contribution in [0.5, 0.6) is 0 Å². The van der Waals surface area contributed by atoms with Gasteiger partial charge in [-0.3, -0.25) is 0 Å². The van der Waals surface area contributed by atoms with Crippen LogP contribution in [0.15, 0.2) is 18.3 Å². The summed E-state index contributed by atoms with van der Waals surface area (Å²) in [4.78, 5) is 3.96. The number of nitrogen functional groups attached to an aromatic ring is 1. The van der Waals surface area contributed by atoms with Gasteiger partial charge in [-0.1, -0.05) is 0 Å². The van der Waals surface area contributed by atoms with Crippen molar-refractivity contribution in [3.63, 3.8) is 0 Å². The van der Waals surface area contributed by atoms with Gasteiger partial charge in [-0.2, -0.15) is 0 Å². The van der Waals surface area contributed by atoms with E-state index in [1.54, 1.807) is 25.4 Å². The summed E-state index contributed by atoms with van der Waals surface area (Å²) in [5.74, 6) is 0.734. The molecule has 3 N–H and O–H groups in total. The van der Waals surface area contributed by atoms with Crippen molar-refractivity contribution in [1.29, 1.82) is 0 Å². The Balaban J connectivity index is 0.000000810. The molecule has 1 aromatic heterocycles. The van der Waals surface area contributed by atoms with Crippen LogP contribution < -0.4 is 11.1 Å². The van der Waals surface area contributed by atoms with E-state index >= 15 is 0 Å². The summed E-state index contributed by atoms with van der Waals surface area (Å²) in [6.45, 7) is 0. The zero-order chi connectivity index (χ0) is 6.69. The molecule has 1 rings (SSSR count). The van der Waals surface area contributed by atoms with E-state index in [-0.39, 0.29) is 12.4 Å². The van der Waals surface area contributed by atoms with Gasteiger partial charge in [0.25, 0.3) is 0 Å². The normalized spacial score (nSPS) is 8.10. The molecule has 0 saturated carbocycles. The van der Waals surface area contributed by atoms with Gasteiger partial charge < -0.3 is 11.1 Å². The quantitative estimate of drug-likeness (QED) is 0.646.